The molecule has 6 nitrogen and oxygen atoms in total. The SMILES string of the molecule is CCCCOC(=O)CC1=CC(N)C(C=O)(CC(=O)OCCCC)C=C1. The molecule has 2 unspecified atom stereocenters. The van der Waals surface area contributed by atoms with Crippen LogP contribution in [0.5, 0.6) is 0 Å². The first-order valence-electron chi connectivity index (χ1n) is 8.90. The highest BCUT2D eigenvalue weighted by Crippen LogP contribution is 2.32. The van der Waals surface area contributed by atoms with Crippen molar-refractivity contribution in [3.8, 4) is 0 Å². The lowest BCUT2D eigenvalue weighted by molar-refractivity contribution is -0.147. The average Bonchev–Trinajstić information content (AvgIpc) is 2.58. The number of allylic oxidation sites excluding steroid dienone is 1. The van der Waals surface area contributed by atoms with Crippen molar-refractivity contribution in [2.45, 2.75) is 58.4 Å². The molecule has 6 heteroatoms. The van der Waals surface area contributed by atoms with Gasteiger partial charge in [0.1, 0.15) is 6.29 Å². The van der Waals surface area contributed by atoms with Crippen molar-refractivity contribution < 1.29 is 23.9 Å². The van der Waals surface area contributed by atoms with E-state index in [1.54, 1.807) is 18.2 Å². The zero-order valence-electron chi connectivity index (χ0n) is 15.2. The molecule has 0 bridgehead atoms. The topological polar surface area (TPSA) is 95.7 Å². The van der Waals surface area contributed by atoms with Crippen molar-refractivity contribution >= 4 is 18.2 Å². The summed E-state index contributed by atoms with van der Waals surface area (Å²) in [7, 11) is 0. The predicted octanol–water partition coefficient (Wildman–Crippen LogP) is 2.46. The molecule has 2 atom stereocenters. The summed E-state index contributed by atoms with van der Waals surface area (Å²) >= 11 is 0. The number of carbonyl (C=O) groups is 3. The number of ether oxygens (including phenoxy) is 2. The molecule has 0 spiro atoms. The third-order valence-corrected chi connectivity index (χ3v) is 4.16. The van der Waals surface area contributed by atoms with E-state index in [0.29, 0.717) is 25.1 Å². The monoisotopic (exact) mass is 351 g/mol. The molecule has 0 fully saturated rings. The zero-order chi connectivity index (χ0) is 18.7. The molecule has 0 saturated carbocycles. The molecule has 25 heavy (non-hydrogen) atoms. The quantitative estimate of drug-likeness (QED) is 0.349. The van der Waals surface area contributed by atoms with Gasteiger partial charge in [-0.3, -0.25) is 9.59 Å². The number of esters is 2. The number of hydrogen-bond donors (Lipinski definition) is 1. The Balaban J connectivity index is 2.62. The molecule has 0 saturated heterocycles. The Morgan fingerprint density at radius 3 is 2.28 bits per heavy atom. The minimum Gasteiger partial charge on any atom is -0.466 e. The maximum Gasteiger partial charge on any atom is 0.310 e. The molecular formula is C19H29NO5. The minimum absolute atomic E-state index is 0.101. The van der Waals surface area contributed by atoms with E-state index in [2.05, 4.69) is 0 Å². The molecule has 1 rings (SSSR count). The third kappa shape index (κ3) is 6.82. The van der Waals surface area contributed by atoms with E-state index in [0.717, 1.165) is 25.7 Å². The first-order chi connectivity index (χ1) is 12.0. The Labute approximate surface area is 149 Å². The number of nitrogens with two attached hydrogens (primary N) is 1. The Morgan fingerprint density at radius 1 is 1.16 bits per heavy atom. The largest absolute Gasteiger partial charge is 0.466 e. The van der Waals surface area contributed by atoms with Crippen LogP contribution >= 0.6 is 0 Å². The first-order valence-corrected chi connectivity index (χ1v) is 8.90. The second-order valence-corrected chi connectivity index (χ2v) is 6.33. The summed E-state index contributed by atoms with van der Waals surface area (Å²) in [6, 6.07) is -0.688. The van der Waals surface area contributed by atoms with Crippen LogP contribution in [0.3, 0.4) is 0 Å². The summed E-state index contributed by atoms with van der Waals surface area (Å²) in [5.74, 6) is -0.773. The molecule has 0 aliphatic heterocycles. The van der Waals surface area contributed by atoms with Crippen LogP contribution in [0.15, 0.2) is 23.8 Å². The number of carbonyl (C=O) groups excluding carboxylic acids is 3. The van der Waals surface area contributed by atoms with Gasteiger partial charge >= 0.3 is 11.9 Å². The molecule has 2 N–H and O–H groups in total. The lowest BCUT2D eigenvalue weighted by Crippen LogP contribution is -2.44. The van der Waals surface area contributed by atoms with Gasteiger partial charge in [0.15, 0.2) is 0 Å². The van der Waals surface area contributed by atoms with E-state index >= 15 is 0 Å². The Kier molecular flexibility index (Phi) is 9.13. The molecule has 0 amide bonds. The maximum absolute atomic E-state index is 11.9. The third-order valence-electron chi connectivity index (χ3n) is 4.16. The van der Waals surface area contributed by atoms with Crippen LogP contribution in [0, 0.1) is 5.41 Å². The van der Waals surface area contributed by atoms with Crippen LogP contribution < -0.4 is 5.73 Å². The van der Waals surface area contributed by atoms with Crippen molar-refractivity contribution in [3.63, 3.8) is 0 Å². The van der Waals surface area contributed by atoms with E-state index in [1.807, 2.05) is 13.8 Å². The fourth-order valence-corrected chi connectivity index (χ4v) is 2.45. The molecule has 0 aromatic carbocycles. The van der Waals surface area contributed by atoms with Gasteiger partial charge in [-0.25, -0.2) is 0 Å². The summed E-state index contributed by atoms with van der Waals surface area (Å²) in [4.78, 5) is 35.3. The lowest BCUT2D eigenvalue weighted by atomic mass is 9.74. The van der Waals surface area contributed by atoms with Gasteiger partial charge in [0.25, 0.3) is 0 Å². The highest BCUT2D eigenvalue weighted by Gasteiger charge is 2.38. The van der Waals surface area contributed by atoms with E-state index in [-0.39, 0.29) is 18.8 Å². The highest BCUT2D eigenvalue weighted by atomic mass is 16.5. The number of rotatable bonds is 11. The van der Waals surface area contributed by atoms with Gasteiger partial charge in [-0.15, -0.1) is 0 Å². The summed E-state index contributed by atoms with van der Waals surface area (Å²) in [6.07, 6.45) is 9.07. The summed E-state index contributed by atoms with van der Waals surface area (Å²) in [5, 5.41) is 0. The standard InChI is InChI=1S/C19H29NO5/c1-3-5-9-24-17(22)12-15-7-8-19(14-21,16(20)11-15)13-18(23)25-10-6-4-2/h7-8,11,14,16H,3-6,9-10,12-13,20H2,1-2H3. The second-order valence-electron chi connectivity index (χ2n) is 6.33. The van der Waals surface area contributed by atoms with Crippen molar-refractivity contribution in [1.82, 2.24) is 0 Å². The molecule has 0 heterocycles. The molecule has 1 aliphatic rings. The van der Waals surface area contributed by atoms with Crippen LogP contribution in [-0.2, 0) is 23.9 Å². The van der Waals surface area contributed by atoms with Crippen LogP contribution in [0.4, 0.5) is 0 Å². The van der Waals surface area contributed by atoms with E-state index in [1.165, 1.54) is 0 Å². The van der Waals surface area contributed by atoms with Crippen molar-refractivity contribution in [2.24, 2.45) is 11.1 Å². The highest BCUT2D eigenvalue weighted by molar-refractivity contribution is 5.80. The molecule has 140 valence electrons. The van der Waals surface area contributed by atoms with Gasteiger partial charge in [0, 0.05) is 6.04 Å². The van der Waals surface area contributed by atoms with Gasteiger partial charge in [0.05, 0.1) is 31.5 Å². The molecule has 1 aliphatic carbocycles. The van der Waals surface area contributed by atoms with Gasteiger partial charge < -0.3 is 20.0 Å². The lowest BCUT2D eigenvalue weighted by Gasteiger charge is -2.31. The normalized spacial score (nSPS) is 22.2. The van der Waals surface area contributed by atoms with Crippen LogP contribution in [0.2, 0.25) is 0 Å². The molecule has 0 aromatic rings. The Morgan fingerprint density at radius 2 is 1.76 bits per heavy atom. The van der Waals surface area contributed by atoms with Gasteiger partial charge in [-0.1, -0.05) is 44.9 Å². The van der Waals surface area contributed by atoms with E-state index < -0.39 is 17.4 Å². The fraction of sp³-hybridized carbons (Fsp3) is 0.632. The smallest absolute Gasteiger partial charge is 0.310 e. The van der Waals surface area contributed by atoms with Crippen LogP contribution in [-0.4, -0.2) is 37.5 Å². The van der Waals surface area contributed by atoms with Crippen LogP contribution in [0.1, 0.15) is 52.4 Å². The summed E-state index contributed by atoms with van der Waals surface area (Å²) < 4.78 is 10.2. The van der Waals surface area contributed by atoms with Gasteiger partial charge in [-0.05, 0) is 18.4 Å². The van der Waals surface area contributed by atoms with Crippen molar-refractivity contribution in [3.05, 3.63) is 23.8 Å². The maximum atomic E-state index is 11.9. The summed E-state index contributed by atoms with van der Waals surface area (Å²) in [6.45, 7) is 4.76. The number of hydrogen-bond acceptors (Lipinski definition) is 6. The first kappa shape index (κ1) is 21.1. The molecular weight excluding hydrogens is 322 g/mol. The number of unbranched alkanes of at least 4 members (excludes halogenated alkanes) is 2. The van der Waals surface area contributed by atoms with Crippen LogP contribution in [0.25, 0.3) is 0 Å². The average molecular weight is 351 g/mol. The van der Waals surface area contributed by atoms with Crippen molar-refractivity contribution in [2.75, 3.05) is 13.2 Å². The van der Waals surface area contributed by atoms with Gasteiger partial charge in [0.2, 0.25) is 0 Å². The second kappa shape index (κ2) is 10.8. The minimum atomic E-state index is -1.13. The fourth-order valence-electron chi connectivity index (χ4n) is 2.45. The van der Waals surface area contributed by atoms with E-state index in [4.69, 9.17) is 15.2 Å². The van der Waals surface area contributed by atoms with E-state index in [9.17, 15) is 14.4 Å². The Hall–Kier alpha value is -1.95. The molecule has 0 radical (unpaired) electrons. The molecule has 0 aromatic heterocycles. The zero-order valence-corrected chi connectivity index (χ0v) is 15.2. The predicted molar refractivity (Wildman–Crippen MR) is 94.7 cm³/mol. The van der Waals surface area contributed by atoms with Gasteiger partial charge in [-0.2, -0.15) is 0 Å². The number of aldehydes is 1. The Bertz CT molecular complexity index is 526. The van der Waals surface area contributed by atoms with Crippen molar-refractivity contribution in [1.29, 1.82) is 0 Å². The summed E-state index contributed by atoms with van der Waals surface area (Å²) in [5.41, 5.74) is 5.66.